The van der Waals surface area contributed by atoms with E-state index in [0.717, 1.165) is 11.1 Å². The first-order valence-electron chi connectivity index (χ1n) is 7.65. The second kappa shape index (κ2) is 5.74. The molecule has 122 valence electrons. The molecule has 1 heterocycles. The van der Waals surface area contributed by atoms with E-state index < -0.39 is 27.0 Å². The minimum atomic E-state index is -3.83. The molecule has 0 radical (unpaired) electrons. The number of sulfone groups is 1. The van der Waals surface area contributed by atoms with Crippen molar-refractivity contribution in [2.45, 2.75) is 42.3 Å². The Morgan fingerprint density at radius 3 is 2.30 bits per heavy atom. The van der Waals surface area contributed by atoms with Crippen LogP contribution in [0.1, 0.15) is 30.6 Å². The van der Waals surface area contributed by atoms with Gasteiger partial charge in [-0.3, -0.25) is 0 Å². The molecule has 0 amide bonds. The fourth-order valence-corrected chi connectivity index (χ4v) is 4.93. The topological polar surface area (TPSA) is 66.9 Å². The van der Waals surface area contributed by atoms with Gasteiger partial charge in [0, 0.05) is 0 Å². The van der Waals surface area contributed by atoms with Gasteiger partial charge in [0.05, 0.1) is 4.90 Å². The molecule has 0 spiro atoms. The van der Waals surface area contributed by atoms with Crippen LogP contribution in [0.2, 0.25) is 0 Å². The molecule has 1 N–H and O–H groups in total. The number of ether oxygens (including phenoxy) is 1. The first kappa shape index (κ1) is 16.2. The minimum Gasteiger partial charge on any atom is -0.389 e. The predicted molar refractivity (Wildman–Crippen MR) is 87.7 cm³/mol. The lowest BCUT2D eigenvalue weighted by atomic mass is 10.1. The Bertz CT molecular complexity index is 784. The highest BCUT2D eigenvalue weighted by atomic mass is 32.2. The Kier molecular flexibility index (Phi) is 4.04. The summed E-state index contributed by atoms with van der Waals surface area (Å²) in [6.45, 7) is 3.65. The molecule has 1 aliphatic rings. The van der Waals surface area contributed by atoms with E-state index in [1.165, 1.54) is 0 Å². The summed E-state index contributed by atoms with van der Waals surface area (Å²) in [5.41, 5.74) is 1.74. The number of benzene rings is 2. The van der Waals surface area contributed by atoms with E-state index >= 15 is 0 Å². The highest BCUT2D eigenvalue weighted by Crippen LogP contribution is 2.57. The molecule has 0 saturated carbocycles. The number of hydrogen-bond acceptors (Lipinski definition) is 4. The van der Waals surface area contributed by atoms with Crippen molar-refractivity contribution in [3.8, 4) is 0 Å². The molecule has 1 saturated heterocycles. The normalized spacial score (nSPS) is 25.1. The van der Waals surface area contributed by atoms with E-state index in [1.807, 2.05) is 37.3 Å². The third-order valence-electron chi connectivity index (χ3n) is 4.32. The number of aliphatic hydroxyl groups excluding tert-OH is 1. The zero-order valence-corrected chi connectivity index (χ0v) is 14.0. The average Bonchev–Trinajstić information content (AvgIpc) is 3.33. The van der Waals surface area contributed by atoms with Crippen LogP contribution in [0.3, 0.4) is 0 Å². The molecule has 3 rings (SSSR count). The summed E-state index contributed by atoms with van der Waals surface area (Å²) in [6.07, 6.45) is -1.43. The Balaban J connectivity index is 2.06. The van der Waals surface area contributed by atoms with Crippen molar-refractivity contribution >= 4 is 9.84 Å². The third kappa shape index (κ3) is 2.49. The first-order valence-corrected chi connectivity index (χ1v) is 9.14. The second-order valence-corrected chi connectivity index (χ2v) is 7.99. The molecule has 1 aliphatic heterocycles. The molecular formula is C18H20O4S. The van der Waals surface area contributed by atoms with Crippen molar-refractivity contribution in [2.75, 3.05) is 0 Å². The standard InChI is InChI=1S/C18H20O4S/c1-3-16(19)18(17(22-18)14-7-5-4-6-8-14)23(20,21)15-11-9-13(2)10-12-15/h4-12,16-17,19H,3H2,1-2H3/t16-,17+,18+/m1/s1. The summed E-state index contributed by atoms with van der Waals surface area (Å²) in [5, 5.41) is 10.4. The van der Waals surface area contributed by atoms with E-state index in [2.05, 4.69) is 0 Å². The molecule has 2 aromatic rings. The summed E-state index contributed by atoms with van der Waals surface area (Å²) in [7, 11) is -3.83. The van der Waals surface area contributed by atoms with Crippen molar-refractivity contribution in [1.29, 1.82) is 0 Å². The Morgan fingerprint density at radius 2 is 1.74 bits per heavy atom. The van der Waals surface area contributed by atoms with Gasteiger partial charge in [0.25, 0.3) is 0 Å². The minimum absolute atomic E-state index is 0.175. The quantitative estimate of drug-likeness (QED) is 0.855. The molecule has 5 heteroatoms. The SMILES string of the molecule is CC[C@@H](O)[C@@]1(S(=O)(=O)c2ccc(C)cc2)O[C@H]1c1ccccc1. The second-order valence-electron chi connectivity index (χ2n) is 5.87. The van der Waals surface area contributed by atoms with E-state index in [1.54, 1.807) is 31.2 Å². The fraction of sp³-hybridized carbons (Fsp3) is 0.333. The van der Waals surface area contributed by atoms with Crippen LogP contribution < -0.4 is 0 Å². The molecular weight excluding hydrogens is 312 g/mol. The van der Waals surface area contributed by atoms with Crippen molar-refractivity contribution in [3.05, 3.63) is 65.7 Å². The van der Waals surface area contributed by atoms with Crippen LogP contribution in [0.4, 0.5) is 0 Å². The van der Waals surface area contributed by atoms with Gasteiger partial charge in [-0.05, 0) is 31.0 Å². The smallest absolute Gasteiger partial charge is 0.230 e. The summed E-state index contributed by atoms with van der Waals surface area (Å²) in [5.74, 6) is 0. The summed E-state index contributed by atoms with van der Waals surface area (Å²) in [4.78, 5) is -1.42. The van der Waals surface area contributed by atoms with Crippen LogP contribution in [0, 0.1) is 6.92 Å². The van der Waals surface area contributed by atoms with Gasteiger partial charge < -0.3 is 9.84 Å². The van der Waals surface area contributed by atoms with Crippen LogP contribution in [0.15, 0.2) is 59.5 Å². The average molecular weight is 332 g/mol. The molecule has 1 fully saturated rings. The molecule has 2 aromatic carbocycles. The lowest BCUT2D eigenvalue weighted by Gasteiger charge is -2.19. The van der Waals surface area contributed by atoms with Gasteiger partial charge in [-0.2, -0.15) is 0 Å². The van der Waals surface area contributed by atoms with E-state index in [4.69, 9.17) is 4.74 Å². The summed E-state index contributed by atoms with van der Waals surface area (Å²) >= 11 is 0. The van der Waals surface area contributed by atoms with Gasteiger partial charge in [-0.15, -0.1) is 0 Å². The zero-order valence-electron chi connectivity index (χ0n) is 13.1. The molecule has 0 aliphatic carbocycles. The lowest BCUT2D eigenvalue weighted by molar-refractivity contribution is 0.111. The van der Waals surface area contributed by atoms with Crippen molar-refractivity contribution in [1.82, 2.24) is 0 Å². The van der Waals surface area contributed by atoms with Crippen LogP contribution in [-0.4, -0.2) is 24.6 Å². The van der Waals surface area contributed by atoms with Crippen molar-refractivity contribution in [2.24, 2.45) is 0 Å². The Morgan fingerprint density at radius 1 is 1.13 bits per heavy atom. The van der Waals surface area contributed by atoms with Gasteiger partial charge in [0.15, 0.2) is 0 Å². The number of epoxide rings is 1. The maximum atomic E-state index is 13.1. The molecule has 4 nitrogen and oxygen atoms in total. The molecule has 3 atom stereocenters. The van der Waals surface area contributed by atoms with Crippen molar-refractivity contribution in [3.63, 3.8) is 0 Å². The Labute approximate surface area is 136 Å². The van der Waals surface area contributed by atoms with Gasteiger partial charge in [0.2, 0.25) is 14.8 Å². The highest BCUT2D eigenvalue weighted by Gasteiger charge is 2.70. The van der Waals surface area contributed by atoms with Crippen LogP contribution >= 0.6 is 0 Å². The largest absolute Gasteiger partial charge is 0.389 e. The van der Waals surface area contributed by atoms with Gasteiger partial charge in [-0.1, -0.05) is 55.0 Å². The Hall–Kier alpha value is -1.69. The maximum Gasteiger partial charge on any atom is 0.230 e. The van der Waals surface area contributed by atoms with E-state index in [0.29, 0.717) is 6.42 Å². The maximum absolute atomic E-state index is 13.1. The highest BCUT2D eigenvalue weighted by molar-refractivity contribution is 7.93. The van der Waals surface area contributed by atoms with Crippen LogP contribution in [0.5, 0.6) is 0 Å². The fourth-order valence-electron chi connectivity index (χ4n) is 2.90. The number of aryl methyl sites for hydroxylation is 1. The van der Waals surface area contributed by atoms with Gasteiger partial charge in [0.1, 0.15) is 12.2 Å². The molecule has 23 heavy (non-hydrogen) atoms. The van der Waals surface area contributed by atoms with Crippen molar-refractivity contribution < 1.29 is 18.3 Å². The number of rotatable bonds is 5. The monoisotopic (exact) mass is 332 g/mol. The third-order valence-corrected chi connectivity index (χ3v) is 6.63. The molecule has 0 unspecified atom stereocenters. The lowest BCUT2D eigenvalue weighted by Crippen LogP contribution is -2.38. The summed E-state index contributed by atoms with van der Waals surface area (Å²) in [6, 6.07) is 15.8. The van der Waals surface area contributed by atoms with Gasteiger partial charge in [-0.25, -0.2) is 8.42 Å². The number of hydrogen-bond donors (Lipinski definition) is 1. The first-order chi connectivity index (χ1) is 10.9. The molecule has 0 bridgehead atoms. The predicted octanol–water partition coefficient (Wildman–Crippen LogP) is 3.01. The zero-order chi connectivity index (χ0) is 16.7. The van der Waals surface area contributed by atoms with Crippen LogP contribution in [-0.2, 0) is 14.6 Å². The van der Waals surface area contributed by atoms with E-state index in [-0.39, 0.29) is 4.90 Å². The molecule has 0 aromatic heterocycles. The number of aliphatic hydroxyl groups is 1. The van der Waals surface area contributed by atoms with Crippen LogP contribution in [0.25, 0.3) is 0 Å². The summed E-state index contributed by atoms with van der Waals surface area (Å²) < 4.78 is 31.9. The van der Waals surface area contributed by atoms with E-state index in [9.17, 15) is 13.5 Å². The van der Waals surface area contributed by atoms with Gasteiger partial charge >= 0.3 is 0 Å².